The number of aromatic nitrogens is 1. The molecule has 94 valence electrons. The number of nitrogens with zero attached hydrogens (tertiary/aromatic N) is 1. The number of nitrogens with one attached hydrogen (secondary N) is 1. The Labute approximate surface area is 101 Å². The van der Waals surface area contributed by atoms with Crippen LogP contribution in [0.25, 0.3) is 0 Å². The van der Waals surface area contributed by atoms with Crippen LogP contribution in [0.4, 0.5) is 0 Å². The molecule has 0 aromatic carbocycles. The van der Waals surface area contributed by atoms with Gasteiger partial charge in [0, 0.05) is 19.0 Å². The van der Waals surface area contributed by atoms with Crippen molar-refractivity contribution in [2.45, 2.75) is 51.6 Å². The quantitative estimate of drug-likeness (QED) is 0.812. The van der Waals surface area contributed by atoms with Crippen LogP contribution in [0.15, 0.2) is 4.42 Å². The Hall–Kier alpha value is -1.36. The third kappa shape index (κ3) is 2.66. The molecule has 1 aliphatic carbocycles. The number of carbonyl (C=O) groups excluding carboxylic acids is 1. The molecule has 1 heterocycles. The lowest BCUT2D eigenvalue weighted by Crippen LogP contribution is -2.49. The summed E-state index contributed by atoms with van der Waals surface area (Å²) in [6.45, 7) is 3.50. The molecule has 1 aliphatic rings. The molecule has 0 spiro atoms. The fraction of sp³-hybridized carbons (Fsp3) is 0.667. The first-order chi connectivity index (χ1) is 8.08. The van der Waals surface area contributed by atoms with E-state index in [0.717, 1.165) is 25.7 Å². The van der Waals surface area contributed by atoms with Crippen molar-refractivity contribution in [3.63, 3.8) is 0 Å². The molecule has 0 unspecified atom stereocenters. The van der Waals surface area contributed by atoms with Gasteiger partial charge in [0.05, 0.1) is 5.69 Å². The molecular weight excluding hydrogens is 218 g/mol. The molecule has 0 radical (unpaired) electrons. The van der Waals surface area contributed by atoms with Crippen LogP contribution in [0.5, 0.6) is 0 Å². The van der Waals surface area contributed by atoms with E-state index in [1.807, 2.05) is 0 Å². The van der Waals surface area contributed by atoms with Gasteiger partial charge in [-0.15, -0.1) is 0 Å². The van der Waals surface area contributed by atoms with Crippen molar-refractivity contribution in [1.29, 1.82) is 0 Å². The average molecular weight is 237 g/mol. The first kappa shape index (κ1) is 12.1. The Balaban J connectivity index is 2.03. The van der Waals surface area contributed by atoms with Gasteiger partial charge in [-0.3, -0.25) is 4.79 Å². The van der Waals surface area contributed by atoms with E-state index >= 15 is 0 Å². The maximum Gasteiger partial charge on any atom is 0.289 e. The minimum Gasteiger partial charge on any atom is -0.436 e. The highest BCUT2D eigenvalue weighted by Crippen LogP contribution is 2.18. The average Bonchev–Trinajstić information content (AvgIpc) is 2.61. The number of rotatable bonds is 2. The van der Waals surface area contributed by atoms with E-state index in [0.29, 0.717) is 17.3 Å². The minimum absolute atomic E-state index is 0.0528. The molecule has 1 amide bonds. The van der Waals surface area contributed by atoms with E-state index in [1.165, 1.54) is 0 Å². The second-order valence-corrected chi connectivity index (χ2v) is 4.68. The van der Waals surface area contributed by atoms with Gasteiger partial charge in [-0.2, -0.15) is 0 Å². The van der Waals surface area contributed by atoms with Crippen LogP contribution in [0.2, 0.25) is 0 Å². The predicted molar refractivity (Wildman–Crippen MR) is 63.7 cm³/mol. The number of amides is 1. The Morgan fingerprint density at radius 3 is 2.71 bits per heavy atom. The smallest absolute Gasteiger partial charge is 0.289 e. The van der Waals surface area contributed by atoms with E-state index in [1.54, 1.807) is 13.8 Å². The molecule has 2 atom stereocenters. The normalized spacial score (nSPS) is 24.6. The molecule has 17 heavy (non-hydrogen) atoms. The molecule has 3 N–H and O–H groups in total. The third-order valence-electron chi connectivity index (χ3n) is 3.25. The minimum atomic E-state index is -0.203. The lowest BCUT2D eigenvalue weighted by atomic mass is 9.91. The van der Waals surface area contributed by atoms with E-state index < -0.39 is 0 Å². The Morgan fingerprint density at radius 2 is 2.12 bits per heavy atom. The fourth-order valence-corrected chi connectivity index (χ4v) is 2.31. The number of nitrogens with two attached hydrogens (primary N) is 1. The van der Waals surface area contributed by atoms with E-state index in [-0.39, 0.29) is 18.0 Å². The zero-order valence-corrected chi connectivity index (χ0v) is 10.3. The standard InChI is InChI=1S/C12H19N3O2/c1-7-11(17-8(2)14-7)12(16)15-10-6-4-3-5-9(10)13/h9-10H,3-6,13H2,1-2H3,(H,15,16)/t9-,10-/m1/s1. The van der Waals surface area contributed by atoms with Gasteiger partial charge in [-0.1, -0.05) is 12.8 Å². The van der Waals surface area contributed by atoms with Crippen molar-refractivity contribution in [2.75, 3.05) is 0 Å². The maximum atomic E-state index is 12.0. The summed E-state index contributed by atoms with van der Waals surface area (Å²) < 4.78 is 5.29. The van der Waals surface area contributed by atoms with Crippen LogP contribution in [-0.4, -0.2) is 23.0 Å². The largest absolute Gasteiger partial charge is 0.436 e. The van der Waals surface area contributed by atoms with Gasteiger partial charge in [-0.25, -0.2) is 4.98 Å². The van der Waals surface area contributed by atoms with Gasteiger partial charge < -0.3 is 15.5 Å². The molecule has 0 bridgehead atoms. The lowest BCUT2D eigenvalue weighted by molar-refractivity contribution is 0.0891. The van der Waals surface area contributed by atoms with Crippen molar-refractivity contribution in [3.8, 4) is 0 Å². The van der Waals surface area contributed by atoms with Gasteiger partial charge in [0.1, 0.15) is 0 Å². The summed E-state index contributed by atoms with van der Waals surface area (Å²) in [5.41, 5.74) is 6.62. The van der Waals surface area contributed by atoms with Gasteiger partial charge in [0.15, 0.2) is 5.89 Å². The molecule has 0 aliphatic heterocycles. The summed E-state index contributed by atoms with van der Waals surface area (Å²) in [5.74, 6) is 0.617. The van der Waals surface area contributed by atoms with Crippen molar-refractivity contribution < 1.29 is 9.21 Å². The zero-order valence-electron chi connectivity index (χ0n) is 10.3. The van der Waals surface area contributed by atoms with Crippen LogP contribution >= 0.6 is 0 Å². The molecule has 0 saturated heterocycles. The summed E-state index contributed by atoms with van der Waals surface area (Å²) in [4.78, 5) is 16.1. The second kappa shape index (κ2) is 4.87. The second-order valence-electron chi connectivity index (χ2n) is 4.68. The monoisotopic (exact) mass is 237 g/mol. The number of oxazole rings is 1. The van der Waals surface area contributed by atoms with Crippen LogP contribution in [-0.2, 0) is 0 Å². The highest BCUT2D eigenvalue weighted by atomic mass is 16.4. The Morgan fingerprint density at radius 1 is 1.41 bits per heavy atom. The summed E-state index contributed by atoms with van der Waals surface area (Å²) in [6.07, 6.45) is 4.18. The number of aryl methyl sites for hydroxylation is 2. The number of carbonyl (C=O) groups is 1. The van der Waals surface area contributed by atoms with Gasteiger partial charge >= 0.3 is 0 Å². The van der Waals surface area contributed by atoms with Crippen molar-refractivity contribution >= 4 is 5.91 Å². The van der Waals surface area contributed by atoms with Crippen molar-refractivity contribution in [2.24, 2.45) is 5.73 Å². The van der Waals surface area contributed by atoms with Gasteiger partial charge in [0.25, 0.3) is 5.91 Å². The zero-order chi connectivity index (χ0) is 12.4. The lowest BCUT2D eigenvalue weighted by Gasteiger charge is -2.28. The topological polar surface area (TPSA) is 81.2 Å². The molecular formula is C12H19N3O2. The summed E-state index contributed by atoms with van der Waals surface area (Å²) in [5, 5.41) is 2.94. The van der Waals surface area contributed by atoms with E-state index in [2.05, 4.69) is 10.3 Å². The van der Waals surface area contributed by atoms with Crippen LogP contribution in [0, 0.1) is 13.8 Å². The Kier molecular flexibility index (Phi) is 3.47. The first-order valence-corrected chi connectivity index (χ1v) is 6.08. The third-order valence-corrected chi connectivity index (χ3v) is 3.25. The summed E-state index contributed by atoms with van der Waals surface area (Å²) >= 11 is 0. The van der Waals surface area contributed by atoms with Crippen LogP contribution < -0.4 is 11.1 Å². The molecule has 2 rings (SSSR count). The molecule has 1 saturated carbocycles. The predicted octanol–water partition coefficient (Wildman–Crippen LogP) is 1.29. The maximum absolute atomic E-state index is 12.0. The molecule has 1 aromatic rings. The number of hydrogen-bond donors (Lipinski definition) is 2. The van der Waals surface area contributed by atoms with E-state index in [9.17, 15) is 4.79 Å². The molecule has 5 heteroatoms. The SMILES string of the molecule is Cc1nc(C)c(C(=O)N[C@@H]2CCCC[C@H]2N)o1. The van der Waals surface area contributed by atoms with Crippen molar-refractivity contribution in [3.05, 3.63) is 17.3 Å². The summed E-state index contributed by atoms with van der Waals surface area (Å²) in [6, 6.07) is 0.109. The molecule has 5 nitrogen and oxygen atoms in total. The van der Waals surface area contributed by atoms with Crippen molar-refractivity contribution in [1.82, 2.24) is 10.3 Å². The summed E-state index contributed by atoms with van der Waals surface area (Å²) in [7, 11) is 0. The van der Waals surface area contributed by atoms with E-state index in [4.69, 9.17) is 10.2 Å². The molecule has 1 fully saturated rings. The molecule has 1 aromatic heterocycles. The number of hydrogen-bond acceptors (Lipinski definition) is 4. The highest BCUT2D eigenvalue weighted by Gasteiger charge is 2.25. The fourth-order valence-electron chi connectivity index (χ4n) is 2.31. The first-order valence-electron chi connectivity index (χ1n) is 6.08. The van der Waals surface area contributed by atoms with Gasteiger partial charge in [-0.05, 0) is 19.8 Å². The van der Waals surface area contributed by atoms with Gasteiger partial charge in [0.2, 0.25) is 5.76 Å². The Bertz CT molecular complexity index is 414. The van der Waals surface area contributed by atoms with Crippen LogP contribution in [0.1, 0.15) is 47.8 Å². The highest BCUT2D eigenvalue weighted by molar-refractivity contribution is 5.92. The van der Waals surface area contributed by atoms with Crippen LogP contribution in [0.3, 0.4) is 0 Å².